The Kier molecular flexibility index (Phi) is 4.35. The number of thiazole rings is 1. The summed E-state index contributed by atoms with van der Waals surface area (Å²) in [6.45, 7) is 4.92. The summed E-state index contributed by atoms with van der Waals surface area (Å²) in [5, 5.41) is 9.63. The smallest absolute Gasteiger partial charge is 0.184 e. The lowest BCUT2D eigenvalue weighted by molar-refractivity contribution is 0.738. The fraction of sp³-hybridized carbons (Fsp3) is 0.571. The molecule has 0 spiro atoms. The van der Waals surface area contributed by atoms with E-state index in [0.717, 1.165) is 24.8 Å². The van der Waals surface area contributed by atoms with Crippen LogP contribution in [0.1, 0.15) is 6.92 Å². The van der Waals surface area contributed by atoms with Crippen LogP contribution in [0.5, 0.6) is 0 Å². The van der Waals surface area contributed by atoms with E-state index in [1.54, 1.807) is 0 Å². The molecule has 0 unspecified atom stereocenters. The Labute approximate surface area is 81.2 Å². The summed E-state index contributed by atoms with van der Waals surface area (Å²) in [7, 11) is 0. The highest BCUT2D eigenvalue weighted by Gasteiger charge is 1.96. The van der Waals surface area contributed by atoms with Gasteiger partial charge < -0.3 is 10.6 Å². The van der Waals surface area contributed by atoms with E-state index in [9.17, 15) is 0 Å². The Morgan fingerprint density at radius 3 is 3.00 bits per heavy atom. The second-order valence-corrected chi connectivity index (χ2v) is 3.50. The molecule has 1 aromatic rings. The molecule has 1 heterocycles. The first kappa shape index (κ1) is 9.77. The number of nitrogens with one attached hydrogen (secondary N) is 2. The van der Waals surface area contributed by atoms with Gasteiger partial charge in [-0.3, -0.25) is 0 Å². The first-order chi connectivity index (χ1) is 5.83. The number of aromatic nitrogens is 1. The fourth-order valence-electron chi connectivity index (χ4n) is 0.770. The molecular weight excluding hydrogens is 194 g/mol. The Balaban J connectivity index is 2.15. The van der Waals surface area contributed by atoms with Gasteiger partial charge in [0, 0.05) is 18.5 Å². The van der Waals surface area contributed by atoms with Gasteiger partial charge in [0.15, 0.2) is 5.13 Å². The molecule has 5 heteroatoms. The predicted octanol–water partition coefficient (Wildman–Crippen LogP) is 1.82. The summed E-state index contributed by atoms with van der Waals surface area (Å²) in [4.78, 5) is 4.05. The van der Waals surface area contributed by atoms with Crippen LogP contribution in [0.4, 0.5) is 5.13 Å². The fourth-order valence-corrected chi connectivity index (χ4v) is 1.64. The van der Waals surface area contributed by atoms with Crippen LogP contribution in [0.2, 0.25) is 5.15 Å². The molecule has 2 N–H and O–H groups in total. The van der Waals surface area contributed by atoms with Crippen LogP contribution < -0.4 is 10.6 Å². The van der Waals surface area contributed by atoms with Crippen molar-refractivity contribution in [3.63, 3.8) is 0 Å². The van der Waals surface area contributed by atoms with Gasteiger partial charge in [-0.05, 0) is 6.54 Å². The molecule has 0 amide bonds. The van der Waals surface area contributed by atoms with E-state index >= 15 is 0 Å². The van der Waals surface area contributed by atoms with Crippen molar-refractivity contribution in [3.05, 3.63) is 10.5 Å². The summed E-state index contributed by atoms with van der Waals surface area (Å²) in [6.07, 6.45) is 0. The quantitative estimate of drug-likeness (QED) is 0.721. The van der Waals surface area contributed by atoms with Crippen molar-refractivity contribution in [3.8, 4) is 0 Å². The van der Waals surface area contributed by atoms with E-state index in [1.807, 2.05) is 5.38 Å². The molecule has 0 aliphatic rings. The van der Waals surface area contributed by atoms with Crippen LogP contribution in [0, 0.1) is 0 Å². The number of hydrogen-bond donors (Lipinski definition) is 2. The molecule has 0 saturated heterocycles. The van der Waals surface area contributed by atoms with E-state index in [2.05, 4.69) is 22.5 Å². The third-order valence-electron chi connectivity index (χ3n) is 1.30. The molecule has 68 valence electrons. The first-order valence-electron chi connectivity index (χ1n) is 3.88. The lowest BCUT2D eigenvalue weighted by Crippen LogP contribution is -2.21. The van der Waals surface area contributed by atoms with Crippen molar-refractivity contribution in [1.29, 1.82) is 0 Å². The minimum atomic E-state index is 0.561. The summed E-state index contributed by atoms with van der Waals surface area (Å²) in [5.41, 5.74) is 0. The Bertz CT molecular complexity index is 226. The lowest BCUT2D eigenvalue weighted by atomic mass is 10.6. The molecule has 0 aliphatic carbocycles. The van der Waals surface area contributed by atoms with E-state index in [4.69, 9.17) is 11.6 Å². The number of nitrogens with zero attached hydrogens (tertiary/aromatic N) is 1. The molecular formula is C7H12ClN3S. The van der Waals surface area contributed by atoms with Crippen molar-refractivity contribution < 1.29 is 0 Å². The standard InChI is InChI=1S/C7H12ClN3S/c1-2-9-3-4-10-7-11-6(8)5-12-7/h5,9H,2-4H2,1H3,(H,10,11). The van der Waals surface area contributed by atoms with Crippen molar-refractivity contribution >= 4 is 28.1 Å². The third-order valence-corrected chi connectivity index (χ3v) is 2.43. The average molecular weight is 206 g/mol. The maximum absolute atomic E-state index is 5.64. The number of likely N-dealkylation sites (N-methyl/N-ethyl adjacent to an activating group) is 1. The van der Waals surface area contributed by atoms with Gasteiger partial charge in [-0.2, -0.15) is 0 Å². The van der Waals surface area contributed by atoms with Gasteiger partial charge >= 0.3 is 0 Å². The van der Waals surface area contributed by atoms with Gasteiger partial charge in [-0.15, -0.1) is 11.3 Å². The predicted molar refractivity (Wildman–Crippen MR) is 54.2 cm³/mol. The van der Waals surface area contributed by atoms with Gasteiger partial charge in [0.2, 0.25) is 0 Å². The monoisotopic (exact) mass is 205 g/mol. The molecule has 12 heavy (non-hydrogen) atoms. The zero-order valence-electron chi connectivity index (χ0n) is 6.93. The Hall–Kier alpha value is -0.320. The summed E-state index contributed by atoms with van der Waals surface area (Å²) in [6, 6.07) is 0. The molecule has 0 atom stereocenters. The summed E-state index contributed by atoms with van der Waals surface area (Å²) >= 11 is 7.17. The van der Waals surface area contributed by atoms with Crippen LogP contribution in [0.25, 0.3) is 0 Å². The molecule has 0 saturated carbocycles. The molecule has 0 fully saturated rings. The highest BCUT2D eigenvalue weighted by molar-refractivity contribution is 7.14. The molecule has 0 aliphatic heterocycles. The molecule has 0 radical (unpaired) electrons. The van der Waals surface area contributed by atoms with Crippen LogP contribution in [-0.4, -0.2) is 24.6 Å². The number of rotatable bonds is 5. The topological polar surface area (TPSA) is 37.0 Å². The van der Waals surface area contributed by atoms with E-state index in [1.165, 1.54) is 11.3 Å². The molecule has 1 rings (SSSR count). The maximum atomic E-state index is 5.64. The Morgan fingerprint density at radius 1 is 1.58 bits per heavy atom. The van der Waals surface area contributed by atoms with E-state index < -0.39 is 0 Å². The SMILES string of the molecule is CCNCCNc1nc(Cl)cs1. The number of hydrogen-bond acceptors (Lipinski definition) is 4. The highest BCUT2D eigenvalue weighted by atomic mass is 35.5. The molecule has 3 nitrogen and oxygen atoms in total. The molecule has 1 aromatic heterocycles. The number of halogens is 1. The largest absolute Gasteiger partial charge is 0.360 e. The minimum absolute atomic E-state index is 0.561. The number of anilines is 1. The first-order valence-corrected chi connectivity index (χ1v) is 5.14. The normalized spacial score (nSPS) is 10.2. The minimum Gasteiger partial charge on any atom is -0.360 e. The average Bonchev–Trinajstić information content (AvgIpc) is 2.45. The van der Waals surface area contributed by atoms with E-state index in [-0.39, 0.29) is 0 Å². The third kappa shape index (κ3) is 3.38. The van der Waals surface area contributed by atoms with E-state index in [0.29, 0.717) is 5.15 Å². The van der Waals surface area contributed by atoms with Gasteiger partial charge in [0.25, 0.3) is 0 Å². The van der Waals surface area contributed by atoms with Crippen LogP contribution in [-0.2, 0) is 0 Å². The van der Waals surface area contributed by atoms with Gasteiger partial charge in [0.05, 0.1) is 0 Å². The van der Waals surface area contributed by atoms with Crippen molar-refractivity contribution in [2.75, 3.05) is 25.0 Å². The second-order valence-electron chi connectivity index (χ2n) is 2.26. The zero-order valence-corrected chi connectivity index (χ0v) is 8.50. The second kappa shape index (κ2) is 5.35. The van der Waals surface area contributed by atoms with Crippen molar-refractivity contribution in [1.82, 2.24) is 10.3 Å². The van der Waals surface area contributed by atoms with Gasteiger partial charge in [-0.1, -0.05) is 18.5 Å². The molecule has 0 bridgehead atoms. The van der Waals surface area contributed by atoms with Crippen LogP contribution >= 0.6 is 22.9 Å². The zero-order chi connectivity index (χ0) is 8.81. The maximum Gasteiger partial charge on any atom is 0.184 e. The Morgan fingerprint density at radius 2 is 2.42 bits per heavy atom. The summed E-state index contributed by atoms with van der Waals surface area (Å²) < 4.78 is 0. The van der Waals surface area contributed by atoms with Crippen molar-refractivity contribution in [2.24, 2.45) is 0 Å². The van der Waals surface area contributed by atoms with Gasteiger partial charge in [-0.25, -0.2) is 4.98 Å². The molecule has 0 aromatic carbocycles. The van der Waals surface area contributed by atoms with Crippen molar-refractivity contribution in [2.45, 2.75) is 6.92 Å². The highest BCUT2D eigenvalue weighted by Crippen LogP contribution is 2.17. The van der Waals surface area contributed by atoms with Crippen LogP contribution in [0.15, 0.2) is 5.38 Å². The van der Waals surface area contributed by atoms with Crippen LogP contribution in [0.3, 0.4) is 0 Å². The lowest BCUT2D eigenvalue weighted by Gasteiger charge is -2.01. The summed E-state index contributed by atoms with van der Waals surface area (Å²) in [5.74, 6) is 0. The van der Waals surface area contributed by atoms with Gasteiger partial charge in [0.1, 0.15) is 5.15 Å².